The maximum absolute atomic E-state index is 12.6. The first kappa shape index (κ1) is 39.2. The molecule has 0 unspecified atom stereocenters. The molecule has 0 bridgehead atoms. The molecular weight excluding hydrogens is 689 g/mol. The number of aryl methyl sites for hydroxylation is 4. The first-order valence-corrected chi connectivity index (χ1v) is 20.7. The molecule has 2 aliphatic carbocycles. The highest BCUT2D eigenvalue weighted by Gasteiger charge is 2.41. The van der Waals surface area contributed by atoms with Crippen LogP contribution in [0, 0.1) is 27.7 Å². The number of unbranched alkanes of at least 4 members (excludes halogenated alkanes) is 2. The SMILES string of the molecule is CCC1=C(/C=C/C=C/C=C2/N(CCCCCC(=O)NC3C(=O)CCC3=O)c3ccc4c(C)cc(C)cc4c3C2(C)C)C(C)(C)c2c1ccc1c(C)cc(C)cc21. The van der Waals surface area contributed by atoms with E-state index in [1.807, 2.05) is 0 Å². The average molecular weight is 747 g/mol. The van der Waals surface area contributed by atoms with E-state index in [4.69, 9.17) is 0 Å². The van der Waals surface area contributed by atoms with Crippen molar-refractivity contribution in [2.45, 2.75) is 124 Å². The van der Waals surface area contributed by atoms with Gasteiger partial charge in [-0.1, -0.05) is 119 Å². The van der Waals surface area contributed by atoms with Gasteiger partial charge in [0, 0.05) is 48.0 Å². The minimum atomic E-state index is -0.941. The zero-order valence-electron chi connectivity index (χ0n) is 34.9. The number of allylic oxidation sites excluding steroid dienone is 8. The second-order valence-electron chi connectivity index (χ2n) is 17.5. The topological polar surface area (TPSA) is 66.5 Å². The number of nitrogens with one attached hydrogen (secondary N) is 1. The summed E-state index contributed by atoms with van der Waals surface area (Å²) in [6.07, 6.45) is 15.5. The molecule has 5 heteroatoms. The third-order valence-corrected chi connectivity index (χ3v) is 12.7. The molecule has 0 spiro atoms. The number of ketones is 2. The van der Waals surface area contributed by atoms with E-state index in [2.05, 4.69) is 151 Å². The molecule has 0 aromatic heterocycles. The number of hydrogen-bond acceptors (Lipinski definition) is 4. The molecule has 0 saturated heterocycles. The van der Waals surface area contributed by atoms with E-state index in [-0.39, 0.29) is 41.1 Å². The van der Waals surface area contributed by atoms with E-state index in [9.17, 15) is 14.4 Å². The van der Waals surface area contributed by atoms with E-state index in [1.165, 1.54) is 83.0 Å². The number of fused-ring (bicyclic) bond motifs is 6. The van der Waals surface area contributed by atoms with Crippen LogP contribution in [0.4, 0.5) is 5.69 Å². The molecule has 1 amide bonds. The van der Waals surface area contributed by atoms with Crippen molar-refractivity contribution in [3.63, 3.8) is 0 Å². The summed E-state index contributed by atoms with van der Waals surface area (Å²) >= 11 is 0. The van der Waals surface area contributed by atoms with Gasteiger partial charge in [-0.05, 0) is 120 Å². The molecule has 1 saturated carbocycles. The lowest BCUT2D eigenvalue weighted by Crippen LogP contribution is -2.42. The van der Waals surface area contributed by atoms with Gasteiger partial charge in [-0.15, -0.1) is 0 Å². The first-order chi connectivity index (χ1) is 26.6. The van der Waals surface area contributed by atoms with Gasteiger partial charge in [0.2, 0.25) is 5.91 Å². The Morgan fingerprint density at radius 3 is 2.02 bits per heavy atom. The normalized spacial score (nSPS) is 18.5. The highest BCUT2D eigenvalue weighted by Crippen LogP contribution is 2.52. The maximum Gasteiger partial charge on any atom is 0.220 e. The van der Waals surface area contributed by atoms with Crippen LogP contribution in [0.25, 0.3) is 27.1 Å². The summed E-state index contributed by atoms with van der Waals surface area (Å²) in [6, 6.07) is 17.5. The highest BCUT2D eigenvalue weighted by atomic mass is 16.2. The van der Waals surface area contributed by atoms with Gasteiger partial charge < -0.3 is 10.2 Å². The molecule has 1 aliphatic heterocycles. The van der Waals surface area contributed by atoms with Gasteiger partial charge >= 0.3 is 0 Å². The molecule has 0 radical (unpaired) electrons. The average Bonchev–Trinajstić information content (AvgIpc) is 3.65. The fourth-order valence-corrected chi connectivity index (χ4v) is 10.1. The monoisotopic (exact) mass is 746 g/mol. The van der Waals surface area contributed by atoms with Gasteiger partial charge in [-0.25, -0.2) is 0 Å². The molecule has 1 heterocycles. The fraction of sp³-hybridized carbons (Fsp3) is 0.392. The molecule has 7 rings (SSSR count). The van der Waals surface area contributed by atoms with Gasteiger partial charge in [0.25, 0.3) is 0 Å². The van der Waals surface area contributed by atoms with Crippen LogP contribution < -0.4 is 10.2 Å². The van der Waals surface area contributed by atoms with Gasteiger partial charge in [-0.2, -0.15) is 0 Å². The van der Waals surface area contributed by atoms with Crippen LogP contribution in [-0.2, 0) is 25.2 Å². The Bertz CT molecular complexity index is 2400. The summed E-state index contributed by atoms with van der Waals surface area (Å²) in [5.74, 6) is -0.558. The molecule has 4 aromatic rings. The molecule has 1 fully saturated rings. The number of carbonyl (C=O) groups is 3. The number of hydrogen-bond donors (Lipinski definition) is 1. The van der Waals surface area contributed by atoms with Gasteiger partial charge in [-0.3, -0.25) is 14.4 Å². The second-order valence-corrected chi connectivity index (χ2v) is 17.5. The van der Waals surface area contributed by atoms with Gasteiger partial charge in [0.05, 0.1) is 0 Å². The summed E-state index contributed by atoms with van der Waals surface area (Å²) < 4.78 is 0. The van der Waals surface area contributed by atoms with E-state index in [1.54, 1.807) is 0 Å². The van der Waals surface area contributed by atoms with Crippen molar-refractivity contribution < 1.29 is 14.4 Å². The maximum atomic E-state index is 12.6. The number of nitrogens with zero attached hydrogens (tertiary/aromatic N) is 1. The van der Waals surface area contributed by atoms with Crippen LogP contribution in [0.2, 0.25) is 0 Å². The van der Waals surface area contributed by atoms with Crippen molar-refractivity contribution in [2.75, 3.05) is 11.4 Å². The summed E-state index contributed by atoms with van der Waals surface area (Å²) in [5, 5.41) is 8.00. The Labute approximate surface area is 333 Å². The molecule has 0 atom stereocenters. The third kappa shape index (κ3) is 6.88. The molecule has 1 N–H and O–H groups in total. The zero-order valence-corrected chi connectivity index (χ0v) is 34.9. The summed E-state index contributed by atoms with van der Waals surface area (Å²) in [6.45, 7) is 21.4. The Hall–Kier alpha value is -5.03. The molecular formula is C51H58N2O3. The highest BCUT2D eigenvalue weighted by molar-refractivity contribution is 6.14. The van der Waals surface area contributed by atoms with Crippen LogP contribution in [0.15, 0.2) is 90.2 Å². The smallest absolute Gasteiger partial charge is 0.220 e. The van der Waals surface area contributed by atoms with Crippen LogP contribution in [-0.4, -0.2) is 30.1 Å². The number of benzene rings is 4. The Balaban J connectivity index is 1.14. The van der Waals surface area contributed by atoms with Gasteiger partial charge in [0.15, 0.2) is 11.6 Å². The largest absolute Gasteiger partial charge is 0.344 e. The predicted molar refractivity (Wildman–Crippen MR) is 233 cm³/mol. The number of Topliss-reactive ketones (excluding diaryl/α,β-unsaturated/α-hetero) is 2. The van der Waals surface area contributed by atoms with E-state index in [0.29, 0.717) is 12.8 Å². The Morgan fingerprint density at radius 2 is 1.38 bits per heavy atom. The fourth-order valence-electron chi connectivity index (χ4n) is 10.1. The van der Waals surface area contributed by atoms with Crippen molar-refractivity contribution in [1.29, 1.82) is 0 Å². The Kier molecular flexibility index (Phi) is 10.6. The molecule has 4 aromatic carbocycles. The predicted octanol–water partition coefficient (Wildman–Crippen LogP) is 11.5. The summed E-state index contributed by atoms with van der Waals surface area (Å²) in [7, 11) is 0. The minimum Gasteiger partial charge on any atom is -0.344 e. The van der Waals surface area contributed by atoms with E-state index >= 15 is 0 Å². The van der Waals surface area contributed by atoms with Crippen molar-refractivity contribution >= 4 is 50.3 Å². The van der Waals surface area contributed by atoms with Gasteiger partial charge in [0.1, 0.15) is 6.04 Å². The zero-order chi connectivity index (χ0) is 40.1. The number of rotatable bonds is 11. The van der Waals surface area contributed by atoms with Crippen LogP contribution in [0.1, 0.15) is 119 Å². The molecule has 290 valence electrons. The molecule has 56 heavy (non-hydrogen) atoms. The first-order valence-electron chi connectivity index (χ1n) is 20.7. The number of carbonyl (C=O) groups excluding carboxylic acids is 3. The second kappa shape index (κ2) is 15.1. The minimum absolute atomic E-state index is 0.113. The summed E-state index contributed by atoms with van der Waals surface area (Å²) in [5.41, 5.74) is 14.4. The van der Waals surface area contributed by atoms with Crippen LogP contribution in [0.5, 0.6) is 0 Å². The van der Waals surface area contributed by atoms with E-state index < -0.39 is 6.04 Å². The lowest BCUT2D eigenvalue weighted by Gasteiger charge is -2.27. The van der Waals surface area contributed by atoms with Crippen molar-refractivity contribution in [3.05, 3.63) is 129 Å². The van der Waals surface area contributed by atoms with Crippen molar-refractivity contribution in [3.8, 4) is 0 Å². The number of amides is 1. The quantitative estimate of drug-likeness (QED) is 0.0943. The van der Waals surface area contributed by atoms with Crippen molar-refractivity contribution in [1.82, 2.24) is 5.32 Å². The summed E-state index contributed by atoms with van der Waals surface area (Å²) in [4.78, 5) is 39.1. The van der Waals surface area contributed by atoms with Crippen molar-refractivity contribution in [2.24, 2.45) is 0 Å². The standard InChI is InChI=1S/C51H58N2O3/c1-10-35-38-21-20-36-33(4)27-31(2)29-39(36)47(38)50(6,7)41(35)17-13-11-14-18-45-51(8,9)48-40-30-32(3)28-34(5)37(40)22-23-42(48)53(45)26-16-12-15-19-46(56)52-49-43(54)24-25-44(49)55/h11,13-14,17-18,20-23,27-30,49H,10,12,15-16,19,24-26H2,1-9H3,(H,52,56)/b14-11+,17-13+,45-18+. The van der Waals surface area contributed by atoms with Crippen LogP contribution >= 0.6 is 0 Å². The van der Waals surface area contributed by atoms with E-state index in [0.717, 1.165) is 25.8 Å². The lowest BCUT2D eigenvalue weighted by atomic mass is 9.78. The third-order valence-electron chi connectivity index (χ3n) is 12.7. The Morgan fingerprint density at radius 1 is 0.750 bits per heavy atom. The molecule has 5 nitrogen and oxygen atoms in total. The number of anilines is 1. The lowest BCUT2D eigenvalue weighted by molar-refractivity contribution is -0.131. The van der Waals surface area contributed by atoms with Crippen LogP contribution in [0.3, 0.4) is 0 Å². The molecule has 3 aliphatic rings.